The van der Waals surface area contributed by atoms with E-state index in [2.05, 4.69) is 0 Å². The molecule has 104 valence electrons. The van der Waals surface area contributed by atoms with Crippen molar-refractivity contribution in [1.29, 1.82) is 0 Å². The molecular weight excluding hydrogens is 233 g/mol. The van der Waals surface area contributed by atoms with E-state index in [0.717, 1.165) is 0 Å². The highest BCUT2D eigenvalue weighted by Gasteiger charge is 2.33. The molecule has 0 radical (unpaired) electrons. The Labute approximate surface area is 101 Å². The summed E-state index contributed by atoms with van der Waals surface area (Å²) in [7, 11) is 0. The molecule has 0 saturated heterocycles. The van der Waals surface area contributed by atoms with Gasteiger partial charge in [-0.05, 0) is 25.2 Å². The first-order chi connectivity index (χ1) is 7.58. The molecule has 0 aromatic carbocycles. The van der Waals surface area contributed by atoms with Gasteiger partial charge in [0, 0.05) is 13.0 Å². The minimum absolute atomic E-state index is 0.0652. The van der Waals surface area contributed by atoms with Crippen LogP contribution in [0.2, 0.25) is 0 Å². The first-order valence-corrected chi connectivity index (χ1v) is 5.94. The maximum atomic E-state index is 12.0. The predicted molar refractivity (Wildman–Crippen MR) is 60.8 cm³/mol. The first-order valence-electron chi connectivity index (χ1n) is 5.94. The molecule has 1 N–H and O–H groups in total. The van der Waals surface area contributed by atoms with Gasteiger partial charge in [-0.1, -0.05) is 20.8 Å². The van der Waals surface area contributed by atoms with Gasteiger partial charge in [-0.25, -0.2) is 0 Å². The highest BCUT2D eigenvalue weighted by Crippen LogP contribution is 2.29. The smallest absolute Gasteiger partial charge is 0.389 e. The Morgan fingerprint density at radius 2 is 1.71 bits per heavy atom. The van der Waals surface area contributed by atoms with E-state index in [0.29, 0.717) is 6.61 Å². The third-order valence-electron chi connectivity index (χ3n) is 2.51. The number of halogens is 3. The third kappa shape index (κ3) is 7.60. The van der Waals surface area contributed by atoms with Crippen LogP contribution in [0.25, 0.3) is 0 Å². The van der Waals surface area contributed by atoms with Crippen LogP contribution in [0.3, 0.4) is 0 Å². The molecule has 5 heteroatoms. The topological polar surface area (TPSA) is 29.5 Å². The van der Waals surface area contributed by atoms with E-state index in [1.54, 1.807) is 6.92 Å². The molecule has 0 spiro atoms. The third-order valence-corrected chi connectivity index (χ3v) is 2.51. The van der Waals surface area contributed by atoms with Gasteiger partial charge in [0.25, 0.3) is 0 Å². The van der Waals surface area contributed by atoms with Crippen molar-refractivity contribution in [3.8, 4) is 0 Å². The molecule has 0 saturated carbocycles. The summed E-state index contributed by atoms with van der Waals surface area (Å²) in [5.41, 5.74) is -0.284. The van der Waals surface area contributed by atoms with Crippen LogP contribution in [-0.4, -0.2) is 30.1 Å². The average Bonchev–Trinajstić information content (AvgIpc) is 2.09. The molecule has 0 heterocycles. The van der Waals surface area contributed by atoms with E-state index in [1.807, 2.05) is 20.8 Å². The van der Waals surface area contributed by atoms with E-state index < -0.39 is 24.8 Å². The highest BCUT2D eigenvalue weighted by molar-refractivity contribution is 4.81. The molecule has 2 nitrogen and oxygen atoms in total. The Kier molecular flexibility index (Phi) is 6.48. The van der Waals surface area contributed by atoms with Gasteiger partial charge in [0.2, 0.25) is 0 Å². The SMILES string of the molecule is CCOC(C(O)CCCC(F)(F)F)C(C)(C)C. The largest absolute Gasteiger partial charge is 0.390 e. The Balaban J connectivity index is 4.20. The molecule has 0 aliphatic rings. The maximum Gasteiger partial charge on any atom is 0.389 e. The van der Waals surface area contributed by atoms with E-state index in [4.69, 9.17) is 4.74 Å². The van der Waals surface area contributed by atoms with Crippen LogP contribution in [0.4, 0.5) is 13.2 Å². The van der Waals surface area contributed by atoms with Gasteiger partial charge in [-0.2, -0.15) is 13.2 Å². The van der Waals surface area contributed by atoms with Gasteiger partial charge in [0.1, 0.15) is 0 Å². The molecule has 0 aromatic heterocycles. The number of alkyl halides is 3. The summed E-state index contributed by atoms with van der Waals surface area (Å²) in [6, 6.07) is 0. The van der Waals surface area contributed by atoms with Crippen LogP contribution >= 0.6 is 0 Å². The fraction of sp³-hybridized carbons (Fsp3) is 1.00. The van der Waals surface area contributed by atoms with Gasteiger partial charge < -0.3 is 9.84 Å². The summed E-state index contributed by atoms with van der Waals surface area (Å²) >= 11 is 0. The van der Waals surface area contributed by atoms with Gasteiger partial charge in [-0.3, -0.25) is 0 Å². The Morgan fingerprint density at radius 1 is 1.18 bits per heavy atom. The average molecular weight is 256 g/mol. The molecule has 0 aliphatic heterocycles. The van der Waals surface area contributed by atoms with Crippen molar-refractivity contribution in [3.63, 3.8) is 0 Å². The van der Waals surface area contributed by atoms with Gasteiger partial charge in [-0.15, -0.1) is 0 Å². The molecule has 0 fully saturated rings. The molecule has 0 aliphatic carbocycles. The second-order valence-corrected chi connectivity index (χ2v) is 5.32. The number of hydrogen-bond donors (Lipinski definition) is 1. The van der Waals surface area contributed by atoms with Crippen LogP contribution in [0.1, 0.15) is 47.0 Å². The van der Waals surface area contributed by atoms with Gasteiger partial charge in [0.05, 0.1) is 12.2 Å². The Bertz CT molecular complexity index is 209. The van der Waals surface area contributed by atoms with Crippen LogP contribution < -0.4 is 0 Å². The monoisotopic (exact) mass is 256 g/mol. The van der Waals surface area contributed by atoms with Gasteiger partial charge >= 0.3 is 6.18 Å². The number of hydrogen-bond acceptors (Lipinski definition) is 2. The summed E-state index contributed by atoms with van der Waals surface area (Å²) in [6.07, 6.45) is -6.24. The second kappa shape index (κ2) is 6.59. The van der Waals surface area contributed by atoms with Crippen molar-refractivity contribution in [3.05, 3.63) is 0 Å². The van der Waals surface area contributed by atoms with Crippen molar-refractivity contribution in [1.82, 2.24) is 0 Å². The van der Waals surface area contributed by atoms with Gasteiger partial charge in [0.15, 0.2) is 0 Å². The maximum absolute atomic E-state index is 12.0. The minimum Gasteiger partial charge on any atom is -0.390 e. The zero-order chi connectivity index (χ0) is 13.7. The molecule has 2 atom stereocenters. The zero-order valence-electron chi connectivity index (χ0n) is 11.0. The fourth-order valence-electron chi connectivity index (χ4n) is 1.78. The Hall–Kier alpha value is -0.290. The highest BCUT2D eigenvalue weighted by atomic mass is 19.4. The van der Waals surface area contributed by atoms with E-state index >= 15 is 0 Å². The van der Waals surface area contributed by atoms with E-state index in [9.17, 15) is 18.3 Å². The van der Waals surface area contributed by atoms with Crippen LogP contribution in [0, 0.1) is 5.41 Å². The molecular formula is C12H23F3O2. The normalized spacial score (nSPS) is 16.9. The van der Waals surface area contributed by atoms with Crippen molar-refractivity contribution < 1.29 is 23.0 Å². The number of ether oxygens (including phenoxy) is 1. The van der Waals surface area contributed by atoms with E-state index in [-0.39, 0.29) is 18.3 Å². The first kappa shape index (κ1) is 16.7. The molecule has 0 aromatic rings. The summed E-state index contributed by atoms with van der Waals surface area (Å²) in [5.74, 6) is 0. The van der Waals surface area contributed by atoms with Crippen LogP contribution in [0.15, 0.2) is 0 Å². The van der Waals surface area contributed by atoms with Crippen LogP contribution in [0.5, 0.6) is 0 Å². The lowest BCUT2D eigenvalue weighted by molar-refractivity contribution is -0.139. The lowest BCUT2D eigenvalue weighted by Gasteiger charge is -2.34. The van der Waals surface area contributed by atoms with Crippen molar-refractivity contribution >= 4 is 0 Å². The molecule has 17 heavy (non-hydrogen) atoms. The summed E-state index contributed by atoms with van der Waals surface area (Å²) in [6.45, 7) is 7.96. The lowest BCUT2D eigenvalue weighted by Crippen LogP contribution is -2.40. The van der Waals surface area contributed by atoms with Crippen molar-refractivity contribution in [2.75, 3.05) is 6.61 Å². The molecule has 0 rings (SSSR count). The molecule has 2 unspecified atom stereocenters. The summed E-state index contributed by atoms with van der Waals surface area (Å²) in [5, 5.41) is 9.88. The molecule has 0 bridgehead atoms. The standard InChI is InChI=1S/C12H23F3O2/c1-5-17-10(11(2,3)4)9(16)7-6-8-12(13,14)15/h9-10,16H,5-8H2,1-4H3. The number of aliphatic hydroxyl groups excluding tert-OH is 1. The second-order valence-electron chi connectivity index (χ2n) is 5.32. The van der Waals surface area contributed by atoms with E-state index in [1.165, 1.54) is 0 Å². The predicted octanol–water partition coefficient (Wildman–Crippen LogP) is 3.53. The van der Waals surface area contributed by atoms with Crippen molar-refractivity contribution in [2.45, 2.75) is 65.3 Å². The quantitative estimate of drug-likeness (QED) is 0.787. The van der Waals surface area contributed by atoms with Crippen LogP contribution in [-0.2, 0) is 4.74 Å². The Morgan fingerprint density at radius 3 is 2.06 bits per heavy atom. The summed E-state index contributed by atoms with van der Waals surface area (Å²) < 4.78 is 41.3. The minimum atomic E-state index is -4.15. The molecule has 0 amide bonds. The lowest BCUT2D eigenvalue weighted by atomic mass is 9.84. The number of rotatable bonds is 6. The fourth-order valence-corrected chi connectivity index (χ4v) is 1.78. The van der Waals surface area contributed by atoms with Crippen molar-refractivity contribution in [2.24, 2.45) is 5.41 Å². The number of aliphatic hydroxyl groups is 1. The summed E-state index contributed by atoms with van der Waals surface area (Å²) in [4.78, 5) is 0. The zero-order valence-corrected chi connectivity index (χ0v) is 11.0.